The summed E-state index contributed by atoms with van der Waals surface area (Å²) >= 11 is 0. The van der Waals surface area contributed by atoms with E-state index in [1.54, 1.807) is 6.07 Å². The minimum atomic E-state index is -4.82. The summed E-state index contributed by atoms with van der Waals surface area (Å²) < 4.78 is 61.4. The van der Waals surface area contributed by atoms with Crippen molar-refractivity contribution in [3.05, 3.63) is 63.5 Å². The maximum absolute atomic E-state index is 14.4. The maximum atomic E-state index is 14.4. The second kappa shape index (κ2) is 7.67. The van der Waals surface area contributed by atoms with Crippen LogP contribution in [-0.2, 0) is 6.18 Å². The third-order valence-corrected chi connectivity index (χ3v) is 5.20. The van der Waals surface area contributed by atoms with Gasteiger partial charge in [0.25, 0.3) is 5.56 Å². The first kappa shape index (κ1) is 20.8. The number of hydrogen-bond donors (Lipinski definition) is 1. The summed E-state index contributed by atoms with van der Waals surface area (Å²) in [5.41, 5.74) is -2.74. The van der Waals surface area contributed by atoms with Crippen molar-refractivity contribution in [1.29, 1.82) is 5.26 Å². The van der Waals surface area contributed by atoms with Crippen molar-refractivity contribution < 1.29 is 22.3 Å². The van der Waals surface area contributed by atoms with Gasteiger partial charge in [0.05, 0.1) is 46.9 Å². The molecule has 3 aromatic rings. The molecular formula is C21H16F4N4O2. The molecule has 0 amide bonds. The van der Waals surface area contributed by atoms with Gasteiger partial charge in [0.1, 0.15) is 5.82 Å². The number of ether oxygens (including phenoxy) is 1. The van der Waals surface area contributed by atoms with Gasteiger partial charge in [-0.1, -0.05) is 0 Å². The molecule has 160 valence electrons. The van der Waals surface area contributed by atoms with Crippen LogP contribution in [0.15, 0.2) is 35.1 Å². The molecule has 0 spiro atoms. The summed E-state index contributed by atoms with van der Waals surface area (Å²) in [7, 11) is 1.29. The largest absolute Gasteiger partial charge is 0.494 e. The van der Waals surface area contributed by atoms with Crippen LogP contribution in [0.4, 0.5) is 17.6 Å². The number of hydrogen-bond acceptors (Lipinski definition) is 5. The van der Waals surface area contributed by atoms with Gasteiger partial charge < -0.3 is 10.1 Å². The summed E-state index contributed by atoms with van der Waals surface area (Å²) in [6.45, 7) is 0.606. The number of nitrogens with zero attached hydrogens (tertiary/aromatic N) is 3. The number of halogens is 4. The highest BCUT2D eigenvalue weighted by Crippen LogP contribution is 2.35. The molecule has 1 saturated heterocycles. The van der Waals surface area contributed by atoms with Gasteiger partial charge in [-0.25, -0.2) is 9.37 Å². The average Bonchev–Trinajstić information content (AvgIpc) is 3.27. The van der Waals surface area contributed by atoms with Crippen molar-refractivity contribution >= 4 is 10.9 Å². The maximum Gasteiger partial charge on any atom is 0.418 e. The Kier molecular flexibility index (Phi) is 5.15. The number of nitrogens with one attached hydrogen (secondary N) is 1. The van der Waals surface area contributed by atoms with Gasteiger partial charge >= 0.3 is 6.18 Å². The molecule has 2 aromatic carbocycles. The minimum Gasteiger partial charge on any atom is -0.494 e. The molecule has 0 unspecified atom stereocenters. The van der Waals surface area contributed by atoms with Gasteiger partial charge in [0.15, 0.2) is 11.6 Å². The third-order valence-electron chi connectivity index (χ3n) is 5.20. The second-order valence-corrected chi connectivity index (χ2v) is 7.11. The Balaban J connectivity index is 2.11. The summed E-state index contributed by atoms with van der Waals surface area (Å²) in [6.07, 6.45) is -3.52. The van der Waals surface area contributed by atoms with E-state index in [0.717, 1.165) is 23.1 Å². The third kappa shape index (κ3) is 3.61. The topological polar surface area (TPSA) is 79.9 Å². The van der Waals surface area contributed by atoms with E-state index >= 15 is 0 Å². The highest BCUT2D eigenvalue weighted by molar-refractivity contribution is 5.83. The number of alkyl halides is 3. The SMILES string of the molecule is COc1ccc(-n2c([C@@H]3CCCN3)nc3c(C(F)(F)F)cc(C#N)cc3c2=O)cc1F. The van der Waals surface area contributed by atoms with Crippen LogP contribution in [0.1, 0.15) is 35.8 Å². The zero-order chi connectivity index (χ0) is 22.3. The Hall–Kier alpha value is -3.45. The summed E-state index contributed by atoms with van der Waals surface area (Å²) in [6, 6.07) is 6.71. The Bertz CT molecular complexity index is 1270. The fourth-order valence-corrected chi connectivity index (χ4v) is 3.77. The summed E-state index contributed by atoms with van der Waals surface area (Å²) in [5.74, 6) is -0.730. The van der Waals surface area contributed by atoms with Crippen LogP contribution >= 0.6 is 0 Å². The van der Waals surface area contributed by atoms with Crippen molar-refractivity contribution in [2.45, 2.75) is 25.1 Å². The van der Waals surface area contributed by atoms with Crippen LogP contribution in [-0.4, -0.2) is 23.2 Å². The monoisotopic (exact) mass is 432 g/mol. The summed E-state index contributed by atoms with van der Waals surface area (Å²) in [4.78, 5) is 17.6. The molecular weight excluding hydrogens is 416 g/mol. The zero-order valence-electron chi connectivity index (χ0n) is 16.3. The molecule has 1 aliphatic heterocycles. The molecule has 6 nitrogen and oxygen atoms in total. The highest BCUT2D eigenvalue weighted by atomic mass is 19.4. The van der Waals surface area contributed by atoms with Crippen molar-refractivity contribution in [2.24, 2.45) is 0 Å². The van der Waals surface area contributed by atoms with Crippen LogP contribution < -0.4 is 15.6 Å². The normalized spacial score (nSPS) is 16.5. The van der Waals surface area contributed by atoms with Crippen LogP contribution in [0.25, 0.3) is 16.6 Å². The Morgan fingerprint density at radius 1 is 1.29 bits per heavy atom. The fraction of sp³-hybridized carbons (Fsp3) is 0.286. The van der Waals surface area contributed by atoms with Crippen LogP contribution in [0.3, 0.4) is 0 Å². The van der Waals surface area contributed by atoms with Gasteiger partial charge in [-0.3, -0.25) is 9.36 Å². The lowest BCUT2D eigenvalue weighted by atomic mass is 10.0. The van der Waals surface area contributed by atoms with E-state index in [-0.39, 0.29) is 28.2 Å². The predicted octanol–water partition coefficient (Wildman–Crippen LogP) is 3.85. The smallest absolute Gasteiger partial charge is 0.418 e. The first-order valence-electron chi connectivity index (χ1n) is 9.40. The quantitative estimate of drug-likeness (QED) is 0.636. The molecule has 4 rings (SSSR count). The Morgan fingerprint density at radius 2 is 2.06 bits per heavy atom. The van der Waals surface area contributed by atoms with Crippen LogP contribution in [0.2, 0.25) is 0 Å². The number of rotatable bonds is 3. The molecule has 0 aliphatic carbocycles. The Labute approximate surface area is 173 Å². The van der Waals surface area contributed by atoms with Gasteiger partial charge in [0, 0.05) is 6.07 Å². The van der Waals surface area contributed by atoms with E-state index in [1.807, 2.05) is 0 Å². The molecule has 1 aromatic heterocycles. The zero-order valence-corrected chi connectivity index (χ0v) is 16.3. The lowest BCUT2D eigenvalue weighted by Crippen LogP contribution is -2.29. The molecule has 1 aliphatic rings. The van der Waals surface area contributed by atoms with Crippen molar-refractivity contribution in [3.8, 4) is 17.5 Å². The second-order valence-electron chi connectivity index (χ2n) is 7.11. The van der Waals surface area contributed by atoms with E-state index in [1.165, 1.54) is 19.2 Å². The van der Waals surface area contributed by atoms with E-state index < -0.39 is 34.7 Å². The number of methoxy groups -OCH3 is 1. The van der Waals surface area contributed by atoms with Gasteiger partial charge in [-0.2, -0.15) is 18.4 Å². The van der Waals surface area contributed by atoms with E-state index in [0.29, 0.717) is 19.0 Å². The first-order chi connectivity index (χ1) is 14.7. The van der Waals surface area contributed by atoms with E-state index in [2.05, 4.69) is 10.3 Å². The molecule has 10 heteroatoms. The molecule has 31 heavy (non-hydrogen) atoms. The van der Waals surface area contributed by atoms with Crippen LogP contribution in [0, 0.1) is 17.1 Å². The molecule has 0 bridgehead atoms. The average molecular weight is 432 g/mol. The van der Waals surface area contributed by atoms with E-state index in [9.17, 15) is 22.4 Å². The standard InChI is InChI=1S/C21H16F4N4O2/c1-31-17-5-4-12(9-15(17)22)29-19(16-3-2-6-27-16)28-18-13(20(29)30)7-11(10-26)8-14(18)21(23,24)25/h4-5,7-9,16,27H,2-3,6H2,1H3/t16-/m0/s1. The molecule has 2 heterocycles. The van der Waals surface area contributed by atoms with Crippen molar-refractivity contribution in [1.82, 2.24) is 14.9 Å². The molecule has 1 atom stereocenters. The number of benzene rings is 2. The molecule has 1 fully saturated rings. The number of fused-ring (bicyclic) bond motifs is 1. The first-order valence-corrected chi connectivity index (χ1v) is 9.40. The number of aromatic nitrogens is 2. The molecule has 1 N–H and O–H groups in total. The Morgan fingerprint density at radius 3 is 2.65 bits per heavy atom. The van der Waals surface area contributed by atoms with Crippen molar-refractivity contribution in [2.75, 3.05) is 13.7 Å². The lowest BCUT2D eigenvalue weighted by molar-refractivity contribution is -0.136. The minimum absolute atomic E-state index is 0.0442. The predicted molar refractivity (Wildman–Crippen MR) is 104 cm³/mol. The lowest BCUT2D eigenvalue weighted by Gasteiger charge is -2.20. The van der Waals surface area contributed by atoms with Crippen molar-refractivity contribution in [3.63, 3.8) is 0 Å². The number of nitriles is 1. The van der Waals surface area contributed by atoms with Gasteiger partial charge in [-0.05, 0) is 43.7 Å². The highest BCUT2D eigenvalue weighted by Gasteiger charge is 2.36. The van der Waals surface area contributed by atoms with E-state index in [4.69, 9.17) is 10.00 Å². The van der Waals surface area contributed by atoms with Gasteiger partial charge in [-0.15, -0.1) is 0 Å². The van der Waals surface area contributed by atoms with Crippen LogP contribution in [0.5, 0.6) is 5.75 Å². The van der Waals surface area contributed by atoms with Gasteiger partial charge in [0.2, 0.25) is 0 Å². The fourth-order valence-electron chi connectivity index (χ4n) is 3.77. The molecule has 0 saturated carbocycles. The molecule has 0 radical (unpaired) electrons. The summed E-state index contributed by atoms with van der Waals surface area (Å²) in [5, 5.41) is 11.9.